The monoisotopic (exact) mass is 423 g/mol. The summed E-state index contributed by atoms with van der Waals surface area (Å²) >= 11 is 0. The van der Waals surface area contributed by atoms with Crippen LogP contribution in [0.5, 0.6) is 0 Å². The van der Waals surface area contributed by atoms with Crippen molar-refractivity contribution in [1.82, 2.24) is 4.90 Å². The van der Waals surface area contributed by atoms with E-state index in [2.05, 4.69) is 0 Å². The van der Waals surface area contributed by atoms with Crippen LogP contribution < -0.4 is 104 Å². The van der Waals surface area contributed by atoms with Gasteiger partial charge in [0.2, 0.25) is 0 Å². The average molecular weight is 423 g/mol. The molecule has 0 spiro atoms. The van der Waals surface area contributed by atoms with Crippen LogP contribution >= 0.6 is 0 Å². The van der Waals surface area contributed by atoms with E-state index in [-0.39, 0.29) is 102 Å². The molecule has 0 amide bonds. The van der Waals surface area contributed by atoms with Crippen molar-refractivity contribution in [3.63, 3.8) is 0 Å². The first kappa shape index (κ1) is 31.0. The Labute approximate surface area is 235 Å². The normalized spacial score (nSPS) is 9.59. The van der Waals surface area contributed by atoms with Gasteiger partial charge in [0.05, 0.1) is 17.9 Å². The number of rotatable bonds is 8. The van der Waals surface area contributed by atoms with Crippen LogP contribution in [-0.4, -0.2) is 29.4 Å². The van der Waals surface area contributed by atoms with E-state index in [0.717, 1.165) is 23.3 Å². The van der Waals surface area contributed by atoms with Crippen LogP contribution in [0, 0.1) is 6.92 Å². The van der Waals surface area contributed by atoms with Crippen molar-refractivity contribution in [3.8, 4) is 0 Å². The van der Waals surface area contributed by atoms with Gasteiger partial charge >= 0.3 is 88.7 Å². The number of carboxylic acid groups (broad SMARTS) is 3. The van der Waals surface area contributed by atoms with Crippen LogP contribution in [0.4, 0.5) is 0 Å². The van der Waals surface area contributed by atoms with E-state index in [0.29, 0.717) is 12.1 Å². The van der Waals surface area contributed by atoms with Crippen molar-refractivity contribution in [2.24, 2.45) is 0 Å². The molecule has 7 nitrogen and oxygen atoms in total. The summed E-state index contributed by atoms with van der Waals surface area (Å²) in [6, 6.07) is 11.2. The molecule has 136 valence electrons. The standard InChI is InChI=1S/C19H19NO6.3Na/c1-12-3-2-4-13(7-12)9-20(11-17(21)22)10-14-5-6-15(18(23)24)16(8-14)19(25)26;;;/h2-8H,9-11H2,1H3,(H,21,22)(H,23,24)(H,25,26);;;/q;3*+1/p-3. The summed E-state index contributed by atoms with van der Waals surface area (Å²) in [7, 11) is 0. The maximum Gasteiger partial charge on any atom is 1.00 e. The Hall–Kier alpha value is -0.190. The number of aliphatic carboxylic acids is 1. The summed E-state index contributed by atoms with van der Waals surface area (Å²) in [5, 5.41) is 33.2. The van der Waals surface area contributed by atoms with Gasteiger partial charge in [-0.25, -0.2) is 0 Å². The van der Waals surface area contributed by atoms with Gasteiger partial charge in [-0.2, -0.15) is 0 Å². The largest absolute Gasteiger partial charge is 1.00 e. The number of aryl methyl sites for hydroxylation is 1. The second-order valence-corrected chi connectivity index (χ2v) is 5.96. The van der Waals surface area contributed by atoms with Crippen molar-refractivity contribution in [1.29, 1.82) is 0 Å². The second kappa shape index (κ2) is 14.8. The molecule has 0 atom stereocenters. The Morgan fingerprint density at radius 1 is 0.793 bits per heavy atom. The molecule has 0 radical (unpaired) electrons. The number of aromatic carboxylic acids is 2. The summed E-state index contributed by atoms with van der Waals surface area (Å²) in [6.07, 6.45) is 0. The van der Waals surface area contributed by atoms with Crippen molar-refractivity contribution in [2.45, 2.75) is 20.0 Å². The molecule has 0 aliphatic rings. The molecule has 0 bridgehead atoms. The molecule has 0 heterocycles. The van der Waals surface area contributed by atoms with E-state index < -0.39 is 29.0 Å². The number of nitrogens with zero attached hydrogens (tertiary/aromatic N) is 1. The van der Waals surface area contributed by atoms with Gasteiger partial charge in [-0.3, -0.25) is 4.90 Å². The molecule has 0 aliphatic carbocycles. The second-order valence-electron chi connectivity index (χ2n) is 5.96. The summed E-state index contributed by atoms with van der Waals surface area (Å²) < 4.78 is 0. The first-order valence-electron chi connectivity index (χ1n) is 7.79. The van der Waals surface area contributed by atoms with Gasteiger partial charge in [0.25, 0.3) is 0 Å². The van der Waals surface area contributed by atoms with Gasteiger partial charge in [-0.15, -0.1) is 0 Å². The molecule has 0 unspecified atom stereocenters. The van der Waals surface area contributed by atoms with E-state index in [9.17, 15) is 29.7 Å². The molecule has 2 aromatic carbocycles. The third-order valence-electron chi connectivity index (χ3n) is 3.77. The fraction of sp³-hybridized carbons (Fsp3) is 0.211. The van der Waals surface area contributed by atoms with Crippen molar-refractivity contribution in [3.05, 3.63) is 70.3 Å². The third kappa shape index (κ3) is 10.1. The van der Waals surface area contributed by atoms with Crippen molar-refractivity contribution >= 4 is 17.9 Å². The zero-order valence-corrected chi connectivity index (χ0v) is 23.1. The van der Waals surface area contributed by atoms with E-state index in [1.54, 1.807) is 4.90 Å². The van der Waals surface area contributed by atoms with Crippen LogP contribution in [0.2, 0.25) is 0 Å². The van der Waals surface area contributed by atoms with Gasteiger partial charge in [0, 0.05) is 30.8 Å². The average Bonchev–Trinajstić information content (AvgIpc) is 2.53. The van der Waals surface area contributed by atoms with Crippen LogP contribution in [0.25, 0.3) is 0 Å². The van der Waals surface area contributed by atoms with E-state index in [1.165, 1.54) is 6.07 Å². The van der Waals surface area contributed by atoms with Gasteiger partial charge in [-0.05, 0) is 24.1 Å². The summed E-state index contributed by atoms with van der Waals surface area (Å²) in [5.41, 5.74) is 1.35. The minimum Gasteiger partial charge on any atom is -0.549 e. The first-order valence-corrected chi connectivity index (χ1v) is 7.79. The third-order valence-corrected chi connectivity index (χ3v) is 3.77. The van der Waals surface area contributed by atoms with E-state index >= 15 is 0 Å². The fourth-order valence-corrected chi connectivity index (χ4v) is 2.71. The predicted octanol–water partition coefficient (Wildman–Crippen LogP) is -10.5. The molecular formula is C19H16NNa3O6. The Morgan fingerprint density at radius 3 is 1.83 bits per heavy atom. The number of carbonyl (C=O) groups is 3. The van der Waals surface area contributed by atoms with Gasteiger partial charge in [0.15, 0.2) is 0 Å². The Bertz CT molecular complexity index is 860. The van der Waals surface area contributed by atoms with Crippen LogP contribution in [0.15, 0.2) is 42.5 Å². The molecule has 2 rings (SSSR count). The van der Waals surface area contributed by atoms with Crippen molar-refractivity contribution in [2.75, 3.05) is 6.54 Å². The quantitative estimate of drug-likeness (QED) is 0.386. The molecule has 0 fully saturated rings. The summed E-state index contributed by atoms with van der Waals surface area (Å²) in [6.45, 7) is 1.95. The zero-order chi connectivity index (χ0) is 19.3. The number of hydrogen-bond donors (Lipinski definition) is 0. The van der Waals surface area contributed by atoms with Gasteiger partial charge in [-0.1, -0.05) is 42.0 Å². The molecule has 0 saturated heterocycles. The SMILES string of the molecule is Cc1cccc(CN(CC(=O)[O-])Cc2ccc(C(=O)[O-])c(C(=O)[O-])c2)c1.[Na+].[Na+].[Na+]. The van der Waals surface area contributed by atoms with Crippen LogP contribution in [0.3, 0.4) is 0 Å². The Kier molecular flexibility index (Phi) is 15.8. The summed E-state index contributed by atoms with van der Waals surface area (Å²) in [4.78, 5) is 34.7. The molecule has 10 heteroatoms. The van der Waals surface area contributed by atoms with Gasteiger partial charge < -0.3 is 29.7 Å². The molecular weight excluding hydrogens is 407 g/mol. The first-order chi connectivity index (χ1) is 12.3. The smallest absolute Gasteiger partial charge is 0.549 e. The molecule has 0 N–H and O–H groups in total. The van der Waals surface area contributed by atoms with E-state index in [4.69, 9.17) is 0 Å². The Balaban J connectivity index is 0. The predicted molar refractivity (Wildman–Crippen MR) is 85.4 cm³/mol. The van der Waals surface area contributed by atoms with E-state index in [1.807, 2.05) is 31.2 Å². The van der Waals surface area contributed by atoms with Crippen LogP contribution in [0.1, 0.15) is 37.4 Å². The molecule has 0 aliphatic heterocycles. The fourth-order valence-electron chi connectivity index (χ4n) is 2.71. The number of hydrogen-bond acceptors (Lipinski definition) is 7. The molecule has 0 aromatic heterocycles. The molecule has 2 aromatic rings. The zero-order valence-electron chi connectivity index (χ0n) is 17.1. The van der Waals surface area contributed by atoms with Crippen molar-refractivity contribution < 1.29 is 118 Å². The number of carboxylic acids is 3. The minimum absolute atomic E-state index is 0. The number of benzene rings is 2. The van der Waals surface area contributed by atoms with Crippen LogP contribution in [-0.2, 0) is 17.9 Å². The number of carbonyl (C=O) groups excluding carboxylic acids is 3. The summed E-state index contributed by atoms with van der Waals surface area (Å²) in [5.74, 6) is -4.54. The maximum atomic E-state index is 11.2. The molecule has 29 heavy (non-hydrogen) atoms. The molecule has 0 saturated carbocycles. The minimum atomic E-state index is -1.64. The van der Waals surface area contributed by atoms with Gasteiger partial charge in [0.1, 0.15) is 0 Å². The Morgan fingerprint density at radius 2 is 1.34 bits per heavy atom. The topological polar surface area (TPSA) is 124 Å². The maximum absolute atomic E-state index is 11.2.